The molecule has 2 heterocycles. The third-order valence-corrected chi connectivity index (χ3v) is 5.50. The average Bonchev–Trinajstić information content (AvgIpc) is 3.28. The molecule has 1 aromatic heterocycles. The van der Waals surface area contributed by atoms with Gasteiger partial charge in [0.25, 0.3) is 0 Å². The van der Waals surface area contributed by atoms with Crippen molar-refractivity contribution in [2.75, 3.05) is 13.2 Å². The molecule has 0 N–H and O–H groups in total. The summed E-state index contributed by atoms with van der Waals surface area (Å²) < 4.78 is 11.2. The van der Waals surface area contributed by atoms with E-state index < -0.39 is 0 Å². The van der Waals surface area contributed by atoms with E-state index >= 15 is 0 Å². The van der Waals surface area contributed by atoms with Crippen molar-refractivity contribution in [3.63, 3.8) is 0 Å². The molecule has 122 valence electrons. The van der Waals surface area contributed by atoms with Gasteiger partial charge in [0.05, 0.1) is 12.0 Å². The van der Waals surface area contributed by atoms with Crippen molar-refractivity contribution in [2.24, 2.45) is 0 Å². The molecule has 1 atom stereocenters. The van der Waals surface area contributed by atoms with Crippen LogP contribution in [0.15, 0.2) is 28.8 Å². The minimum absolute atomic E-state index is 0.159. The van der Waals surface area contributed by atoms with Crippen LogP contribution in [-0.2, 0) is 10.2 Å². The van der Waals surface area contributed by atoms with Crippen molar-refractivity contribution >= 4 is 11.6 Å². The van der Waals surface area contributed by atoms with E-state index in [1.54, 1.807) is 0 Å². The van der Waals surface area contributed by atoms with Crippen molar-refractivity contribution in [2.45, 2.75) is 49.9 Å². The Morgan fingerprint density at radius 1 is 1.09 bits per heavy atom. The second kappa shape index (κ2) is 6.25. The summed E-state index contributed by atoms with van der Waals surface area (Å²) in [5.74, 6) is 1.84. The lowest BCUT2D eigenvalue weighted by Gasteiger charge is -2.34. The van der Waals surface area contributed by atoms with Crippen LogP contribution in [-0.4, -0.2) is 23.4 Å². The number of hydrogen-bond donors (Lipinski definition) is 0. The van der Waals surface area contributed by atoms with Gasteiger partial charge in [0.15, 0.2) is 5.82 Å². The first-order valence-electron chi connectivity index (χ1n) is 8.46. The van der Waals surface area contributed by atoms with Crippen molar-refractivity contribution in [1.29, 1.82) is 0 Å². The van der Waals surface area contributed by atoms with E-state index in [0.717, 1.165) is 42.6 Å². The maximum Gasteiger partial charge on any atom is 0.237 e. The van der Waals surface area contributed by atoms with Crippen LogP contribution < -0.4 is 0 Å². The van der Waals surface area contributed by atoms with Gasteiger partial charge < -0.3 is 9.26 Å². The number of ether oxygens (including phenoxy) is 1. The number of halogens is 1. The van der Waals surface area contributed by atoms with Gasteiger partial charge in [-0.1, -0.05) is 48.2 Å². The lowest BCUT2D eigenvalue weighted by atomic mass is 9.69. The fourth-order valence-electron chi connectivity index (χ4n) is 3.88. The molecule has 1 aliphatic carbocycles. The topological polar surface area (TPSA) is 48.2 Å². The van der Waals surface area contributed by atoms with E-state index in [-0.39, 0.29) is 11.3 Å². The van der Waals surface area contributed by atoms with Gasteiger partial charge in [0, 0.05) is 17.5 Å². The molecule has 0 unspecified atom stereocenters. The molecule has 0 amide bonds. The van der Waals surface area contributed by atoms with Gasteiger partial charge in [-0.15, -0.1) is 0 Å². The lowest BCUT2D eigenvalue weighted by Crippen LogP contribution is -2.31. The molecule has 2 aliphatic rings. The Morgan fingerprint density at radius 3 is 2.57 bits per heavy atom. The Labute approximate surface area is 141 Å². The van der Waals surface area contributed by atoms with Crippen molar-refractivity contribution in [3.8, 4) is 0 Å². The summed E-state index contributed by atoms with van der Waals surface area (Å²) in [6, 6.07) is 8.12. The monoisotopic (exact) mass is 332 g/mol. The Morgan fingerprint density at radius 2 is 1.87 bits per heavy atom. The molecule has 5 heteroatoms. The van der Waals surface area contributed by atoms with Crippen LogP contribution in [0.3, 0.4) is 0 Å². The maximum absolute atomic E-state index is 6.07. The number of hydrogen-bond acceptors (Lipinski definition) is 4. The molecule has 0 spiro atoms. The highest BCUT2D eigenvalue weighted by molar-refractivity contribution is 6.30. The lowest BCUT2D eigenvalue weighted by molar-refractivity contribution is 0.192. The second-order valence-corrected chi connectivity index (χ2v) is 7.10. The zero-order valence-corrected chi connectivity index (χ0v) is 13.9. The molecule has 0 bridgehead atoms. The summed E-state index contributed by atoms with van der Waals surface area (Å²) in [4.78, 5) is 4.80. The Hall–Kier alpha value is -1.39. The van der Waals surface area contributed by atoms with Gasteiger partial charge in [0.2, 0.25) is 5.89 Å². The normalized spacial score (nSPS) is 24.0. The molecule has 4 nitrogen and oxygen atoms in total. The first kappa shape index (κ1) is 15.2. The van der Waals surface area contributed by atoms with Crippen molar-refractivity contribution in [3.05, 3.63) is 46.6 Å². The fraction of sp³-hybridized carbons (Fsp3) is 0.556. The van der Waals surface area contributed by atoms with E-state index in [2.05, 4.69) is 17.3 Å². The smallest absolute Gasteiger partial charge is 0.237 e. The standard InChI is InChI=1S/C18H21ClN2O2/c19-15-6-4-14(5-7-15)18(9-2-1-3-10-18)17-20-16(21-23-17)13-8-11-22-12-13/h4-7,13H,1-3,8-12H2/t13-/m1/s1. The largest absolute Gasteiger partial charge is 0.381 e. The predicted octanol–water partition coefficient (Wildman–Crippen LogP) is 4.48. The third kappa shape index (κ3) is 2.79. The van der Waals surface area contributed by atoms with E-state index in [4.69, 9.17) is 25.8 Å². The number of rotatable bonds is 3. The van der Waals surface area contributed by atoms with Gasteiger partial charge >= 0.3 is 0 Å². The molecule has 0 radical (unpaired) electrons. The SMILES string of the molecule is Clc1ccc(C2(c3nc([C@@H]4CCOC4)no3)CCCCC2)cc1. The summed E-state index contributed by atoms with van der Waals surface area (Å²) in [6.07, 6.45) is 6.73. The Bertz CT molecular complexity index is 656. The predicted molar refractivity (Wildman–Crippen MR) is 87.8 cm³/mol. The van der Waals surface area contributed by atoms with Gasteiger partial charge in [-0.2, -0.15) is 4.98 Å². The van der Waals surface area contributed by atoms with Crippen LogP contribution >= 0.6 is 11.6 Å². The molecule has 23 heavy (non-hydrogen) atoms. The summed E-state index contributed by atoms with van der Waals surface area (Å²) >= 11 is 6.07. The first-order valence-corrected chi connectivity index (χ1v) is 8.84. The highest BCUT2D eigenvalue weighted by Crippen LogP contribution is 2.44. The highest BCUT2D eigenvalue weighted by Gasteiger charge is 2.41. The van der Waals surface area contributed by atoms with Crippen LogP contribution in [0.2, 0.25) is 5.02 Å². The van der Waals surface area contributed by atoms with Crippen molar-refractivity contribution in [1.82, 2.24) is 10.1 Å². The minimum atomic E-state index is -0.159. The molecule has 2 aromatic rings. The van der Waals surface area contributed by atoms with Crippen LogP contribution in [0.1, 0.15) is 61.7 Å². The van der Waals surface area contributed by atoms with E-state index in [0.29, 0.717) is 6.61 Å². The second-order valence-electron chi connectivity index (χ2n) is 6.67. The summed E-state index contributed by atoms with van der Waals surface area (Å²) in [5.41, 5.74) is 1.08. The van der Waals surface area contributed by atoms with E-state index in [1.807, 2.05) is 12.1 Å². The number of benzene rings is 1. The summed E-state index contributed by atoms with van der Waals surface area (Å²) in [6.45, 7) is 1.49. The van der Waals surface area contributed by atoms with Gasteiger partial charge in [-0.3, -0.25) is 0 Å². The molecule has 1 saturated heterocycles. The molecule has 1 saturated carbocycles. The molecular formula is C18H21ClN2O2. The molecule has 4 rings (SSSR count). The first-order chi connectivity index (χ1) is 11.3. The Kier molecular flexibility index (Phi) is 4.12. The highest BCUT2D eigenvalue weighted by atomic mass is 35.5. The molecule has 1 aromatic carbocycles. The fourth-order valence-corrected chi connectivity index (χ4v) is 4.01. The zero-order chi connectivity index (χ0) is 15.7. The zero-order valence-electron chi connectivity index (χ0n) is 13.1. The number of nitrogens with zero attached hydrogens (tertiary/aromatic N) is 2. The summed E-state index contributed by atoms with van der Waals surface area (Å²) in [5, 5.41) is 5.03. The van der Waals surface area contributed by atoms with Crippen LogP contribution in [0.5, 0.6) is 0 Å². The van der Waals surface area contributed by atoms with E-state index in [9.17, 15) is 0 Å². The van der Waals surface area contributed by atoms with Gasteiger partial charge in [-0.25, -0.2) is 0 Å². The van der Waals surface area contributed by atoms with Crippen LogP contribution in [0.25, 0.3) is 0 Å². The minimum Gasteiger partial charge on any atom is -0.381 e. The van der Waals surface area contributed by atoms with Crippen molar-refractivity contribution < 1.29 is 9.26 Å². The number of aromatic nitrogens is 2. The van der Waals surface area contributed by atoms with Gasteiger partial charge in [0.1, 0.15) is 0 Å². The molecule has 2 fully saturated rings. The average molecular weight is 333 g/mol. The van der Waals surface area contributed by atoms with Crippen LogP contribution in [0.4, 0.5) is 0 Å². The van der Waals surface area contributed by atoms with E-state index in [1.165, 1.54) is 24.8 Å². The quantitative estimate of drug-likeness (QED) is 0.831. The Balaban J connectivity index is 1.72. The molecule has 1 aliphatic heterocycles. The third-order valence-electron chi connectivity index (χ3n) is 5.25. The summed E-state index contributed by atoms with van der Waals surface area (Å²) in [7, 11) is 0. The maximum atomic E-state index is 6.07. The molecular weight excluding hydrogens is 312 g/mol. The van der Waals surface area contributed by atoms with Crippen LogP contribution in [0, 0.1) is 0 Å². The van der Waals surface area contributed by atoms with Gasteiger partial charge in [-0.05, 0) is 37.0 Å².